The molecule has 5 rings (SSSR count). The molecule has 0 radical (unpaired) electrons. The summed E-state index contributed by atoms with van der Waals surface area (Å²) in [5.74, 6) is -2.55. The van der Waals surface area contributed by atoms with Crippen LogP contribution in [0.5, 0.6) is 0 Å². The number of aromatic nitrogens is 1. The molecule has 15 heteroatoms. The van der Waals surface area contributed by atoms with Crippen molar-refractivity contribution in [1.29, 1.82) is 0 Å². The van der Waals surface area contributed by atoms with Gasteiger partial charge in [-0.15, -0.1) is 23.1 Å². The van der Waals surface area contributed by atoms with Crippen LogP contribution < -0.4 is 5.32 Å². The van der Waals surface area contributed by atoms with E-state index in [0.717, 1.165) is 0 Å². The standard InChI is InChI=1S/C26H29N5O8S2/c1-12-20-19(13(2)32)23(33)30(20)21(24(34)35)22(12)41-16-8-18(17-11-40-25(27-3)28-17)29(9-16)26(36)39-10-14-4-6-15(7-5-14)31(37)38/h4-7,11-13,16,18-20,32H,8-10H2,1-3H3,(H,27,28)(H,34,35)/t12-,13-,16+,18+,19-,20-/m1/s1. The number of carboxylic acids is 1. The van der Waals surface area contributed by atoms with E-state index in [0.29, 0.717) is 27.7 Å². The number of rotatable bonds is 9. The summed E-state index contributed by atoms with van der Waals surface area (Å²) in [5, 5.41) is 36.4. The largest absolute Gasteiger partial charge is 0.477 e. The third kappa shape index (κ3) is 5.24. The second-order valence-electron chi connectivity index (χ2n) is 10.2. The molecule has 2 amide bonds. The first-order valence-electron chi connectivity index (χ1n) is 13.0. The van der Waals surface area contributed by atoms with Gasteiger partial charge in [0.1, 0.15) is 12.3 Å². The zero-order valence-electron chi connectivity index (χ0n) is 22.4. The van der Waals surface area contributed by atoms with Gasteiger partial charge in [-0.2, -0.15) is 0 Å². The first kappa shape index (κ1) is 28.8. The molecule has 3 aliphatic heterocycles. The topological polar surface area (TPSA) is 175 Å². The minimum atomic E-state index is -1.20. The molecule has 2 aromatic rings. The Bertz CT molecular complexity index is 1410. The maximum Gasteiger partial charge on any atom is 0.410 e. The van der Waals surface area contributed by atoms with Gasteiger partial charge in [-0.3, -0.25) is 19.8 Å². The predicted molar refractivity (Wildman–Crippen MR) is 150 cm³/mol. The van der Waals surface area contributed by atoms with Crippen molar-refractivity contribution in [3.8, 4) is 0 Å². The van der Waals surface area contributed by atoms with Crippen LogP contribution in [0.25, 0.3) is 0 Å². The Morgan fingerprint density at radius 1 is 1.34 bits per heavy atom. The summed E-state index contributed by atoms with van der Waals surface area (Å²) in [7, 11) is 1.75. The summed E-state index contributed by atoms with van der Waals surface area (Å²) in [6.07, 6.45) is -1.00. The molecule has 0 bridgehead atoms. The van der Waals surface area contributed by atoms with Crippen LogP contribution in [0.4, 0.5) is 15.6 Å². The Labute approximate surface area is 243 Å². The Kier molecular flexibility index (Phi) is 7.94. The highest BCUT2D eigenvalue weighted by molar-refractivity contribution is 8.03. The van der Waals surface area contributed by atoms with Crippen LogP contribution in [0, 0.1) is 22.0 Å². The number of benzene rings is 1. The average molecular weight is 604 g/mol. The lowest BCUT2D eigenvalue weighted by molar-refractivity contribution is -0.384. The number of thioether (sulfide) groups is 1. The smallest absolute Gasteiger partial charge is 0.410 e. The van der Waals surface area contributed by atoms with Crippen LogP contribution in [0.2, 0.25) is 0 Å². The third-order valence-electron chi connectivity index (χ3n) is 7.69. The lowest BCUT2D eigenvalue weighted by atomic mass is 9.79. The summed E-state index contributed by atoms with van der Waals surface area (Å²) >= 11 is 2.74. The van der Waals surface area contributed by atoms with Gasteiger partial charge in [0.25, 0.3) is 5.69 Å². The fourth-order valence-corrected chi connectivity index (χ4v) is 7.96. The second kappa shape index (κ2) is 11.3. The molecule has 2 fully saturated rings. The lowest BCUT2D eigenvalue weighted by Gasteiger charge is -2.46. The van der Waals surface area contributed by atoms with E-state index in [4.69, 9.17) is 4.74 Å². The fourth-order valence-electron chi connectivity index (χ4n) is 5.72. The number of nitro benzene ring substituents is 1. The maximum atomic E-state index is 13.3. The Hall–Kier alpha value is -3.69. The molecule has 3 N–H and O–H groups in total. The van der Waals surface area contributed by atoms with Gasteiger partial charge >= 0.3 is 12.1 Å². The number of anilines is 1. The van der Waals surface area contributed by atoms with Crippen molar-refractivity contribution < 1.29 is 34.3 Å². The molecule has 218 valence electrons. The van der Waals surface area contributed by atoms with Crippen molar-refractivity contribution in [2.45, 2.75) is 50.3 Å². The van der Waals surface area contributed by atoms with E-state index >= 15 is 0 Å². The zero-order chi connectivity index (χ0) is 29.6. The molecule has 6 atom stereocenters. The number of hydrogen-bond acceptors (Lipinski definition) is 11. The molecule has 0 spiro atoms. The lowest BCUT2D eigenvalue weighted by Crippen LogP contribution is -2.63. The van der Waals surface area contributed by atoms with Crippen molar-refractivity contribution in [1.82, 2.24) is 14.8 Å². The number of carboxylic acid groups (broad SMARTS) is 1. The van der Waals surface area contributed by atoms with Crippen molar-refractivity contribution in [3.63, 3.8) is 0 Å². The van der Waals surface area contributed by atoms with Gasteiger partial charge in [-0.25, -0.2) is 14.6 Å². The molecule has 0 aliphatic carbocycles. The average Bonchev–Trinajstić information content (AvgIpc) is 3.63. The monoisotopic (exact) mass is 603 g/mol. The normalized spacial score (nSPS) is 26.0. The van der Waals surface area contributed by atoms with E-state index < -0.39 is 47.0 Å². The van der Waals surface area contributed by atoms with Crippen LogP contribution in [0.15, 0.2) is 40.2 Å². The highest BCUT2D eigenvalue weighted by Gasteiger charge is 2.60. The summed E-state index contributed by atoms with van der Waals surface area (Å²) < 4.78 is 5.58. The SMILES string of the molecule is CNc1nc([C@@H]2C[C@H](SC3=C(C(=O)O)N4C(=O)[C@H]([C@@H](C)O)[C@H]4[C@H]3C)CN2C(=O)OCc2ccc([N+](=O)[O-])cc2)cs1. The zero-order valence-corrected chi connectivity index (χ0v) is 24.1. The van der Waals surface area contributed by atoms with E-state index in [-0.39, 0.29) is 35.7 Å². The van der Waals surface area contributed by atoms with Gasteiger partial charge in [0.05, 0.1) is 34.7 Å². The number of amides is 2. The van der Waals surface area contributed by atoms with Crippen molar-refractivity contribution in [3.05, 3.63) is 61.6 Å². The van der Waals surface area contributed by atoms with E-state index in [9.17, 15) is 34.7 Å². The molecule has 0 unspecified atom stereocenters. The van der Waals surface area contributed by atoms with E-state index in [2.05, 4.69) is 10.3 Å². The summed E-state index contributed by atoms with van der Waals surface area (Å²) in [6, 6.07) is 4.89. The molecule has 1 aromatic heterocycles. The highest BCUT2D eigenvalue weighted by Crippen LogP contribution is 2.53. The first-order chi connectivity index (χ1) is 19.5. The number of aliphatic hydroxyl groups excluding tert-OH is 1. The second-order valence-corrected chi connectivity index (χ2v) is 12.4. The number of carbonyl (C=O) groups excluding carboxylic acids is 2. The molecule has 13 nitrogen and oxygen atoms in total. The van der Waals surface area contributed by atoms with E-state index in [1.807, 2.05) is 12.3 Å². The van der Waals surface area contributed by atoms with Gasteiger partial charge in [0.2, 0.25) is 5.91 Å². The minimum Gasteiger partial charge on any atom is -0.477 e. The molecule has 4 heterocycles. The number of likely N-dealkylation sites (tertiary alicyclic amines) is 1. The molecule has 41 heavy (non-hydrogen) atoms. The fraction of sp³-hybridized carbons (Fsp3) is 0.462. The molecular formula is C26H29N5O8S2. The molecule has 0 saturated carbocycles. The molecule has 1 aromatic carbocycles. The van der Waals surface area contributed by atoms with Crippen LogP contribution in [-0.2, 0) is 20.9 Å². The number of non-ortho nitro benzene ring substituents is 1. The number of nitro groups is 1. The number of nitrogens with one attached hydrogen (secondary N) is 1. The molecular weight excluding hydrogens is 574 g/mol. The molecule has 3 aliphatic rings. The van der Waals surface area contributed by atoms with Gasteiger partial charge in [-0.05, 0) is 31.0 Å². The highest BCUT2D eigenvalue weighted by atomic mass is 32.2. The van der Waals surface area contributed by atoms with Crippen LogP contribution in [0.1, 0.15) is 37.6 Å². The predicted octanol–water partition coefficient (Wildman–Crippen LogP) is 3.43. The first-order valence-corrected chi connectivity index (χ1v) is 14.7. The van der Waals surface area contributed by atoms with Crippen molar-refractivity contribution in [2.24, 2.45) is 11.8 Å². The summed E-state index contributed by atoms with van der Waals surface area (Å²) in [4.78, 5) is 56.7. The van der Waals surface area contributed by atoms with Gasteiger partial charge in [-0.1, -0.05) is 6.92 Å². The molecule has 2 saturated heterocycles. The van der Waals surface area contributed by atoms with E-state index in [1.54, 1.807) is 11.9 Å². The van der Waals surface area contributed by atoms with Gasteiger partial charge in [0.15, 0.2) is 5.13 Å². The number of aliphatic carboxylic acids is 1. The van der Waals surface area contributed by atoms with Gasteiger partial charge in [0, 0.05) is 47.2 Å². The minimum absolute atomic E-state index is 0.0590. The Morgan fingerprint density at radius 3 is 2.63 bits per heavy atom. The number of β-lactam (4-membered cyclic amide) rings is 1. The number of ether oxygens (including phenoxy) is 1. The summed E-state index contributed by atoms with van der Waals surface area (Å²) in [5.41, 5.74) is 1.14. The number of fused-ring (bicyclic) bond motifs is 1. The summed E-state index contributed by atoms with van der Waals surface area (Å²) in [6.45, 7) is 3.57. The van der Waals surface area contributed by atoms with Crippen molar-refractivity contribution in [2.75, 3.05) is 18.9 Å². The maximum absolute atomic E-state index is 13.3. The van der Waals surface area contributed by atoms with Crippen LogP contribution in [0.3, 0.4) is 0 Å². The third-order valence-corrected chi connectivity index (χ3v) is 10.1. The Balaban J connectivity index is 1.35. The van der Waals surface area contributed by atoms with Crippen LogP contribution in [-0.4, -0.2) is 78.9 Å². The van der Waals surface area contributed by atoms with E-state index in [1.165, 1.54) is 59.2 Å². The quantitative estimate of drug-likeness (QED) is 0.217. The number of thiazole rings is 1. The number of aliphatic hydroxyl groups is 1. The number of carbonyl (C=O) groups is 3. The van der Waals surface area contributed by atoms with Gasteiger partial charge < -0.3 is 25.2 Å². The van der Waals surface area contributed by atoms with Crippen LogP contribution >= 0.6 is 23.1 Å². The van der Waals surface area contributed by atoms with Crippen molar-refractivity contribution >= 4 is 51.9 Å². The number of nitrogens with zero attached hydrogens (tertiary/aromatic N) is 4. The number of hydrogen-bond donors (Lipinski definition) is 3. The Morgan fingerprint density at radius 2 is 2.05 bits per heavy atom.